The van der Waals surface area contributed by atoms with Gasteiger partial charge in [-0.1, -0.05) is 18.2 Å². The van der Waals surface area contributed by atoms with E-state index in [-0.39, 0.29) is 29.1 Å². The molecule has 0 radical (unpaired) electrons. The smallest absolute Gasteiger partial charge is 0.376 e. The highest BCUT2D eigenvalue weighted by Gasteiger charge is 2.46. The molecule has 0 spiro atoms. The van der Waals surface area contributed by atoms with Crippen molar-refractivity contribution in [2.75, 3.05) is 18.5 Å². The first kappa shape index (κ1) is 24.3. The number of amides is 1. The quantitative estimate of drug-likeness (QED) is 0.381. The Labute approximate surface area is 200 Å². The van der Waals surface area contributed by atoms with Crippen LogP contribution in [-0.4, -0.2) is 46.2 Å². The van der Waals surface area contributed by atoms with Crippen molar-refractivity contribution >= 4 is 29.1 Å². The Balaban J connectivity index is 1.45. The molecule has 3 atom stereocenters. The summed E-state index contributed by atoms with van der Waals surface area (Å²) in [7, 11) is 0. The number of aryl methyl sites for hydroxylation is 2. The first-order chi connectivity index (χ1) is 16.1. The molecule has 2 aliphatic rings. The number of hydrazine groups is 1. The first-order valence-corrected chi connectivity index (χ1v) is 11.5. The van der Waals surface area contributed by atoms with Crippen LogP contribution >= 0.6 is 12.2 Å². The molecule has 0 unspecified atom stereocenters. The van der Waals surface area contributed by atoms with Gasteiger partial charge in [0.2, 0.25) is 0 Å². The van der Waals surface area contributed by atoms with Crippen LogP contribution in [0.2, 0.25) is 0 Å². The third-order valence-corrected chi connectivity index (χ3v) is 6.41. The topological polar surface area (TPSA) is 92.2 Å². The molecular formula is C22H27F3N6O2S. The number of nitrogens with zero attached hydrogens (tertiary/aromatic N) is 2. The lowest BCUT2D eigenvalue weighted by Gasteiger charge is -2.33. The lowest BCUT2D eigenvalue weighted by molar-refractivity contribution is -0.173. The minimum absolute atomic E-state index is 0.0611. The molecule has 2 aromatic rings. The van der Waals surface area contributed by atoms with Gasteiger partial charge in [0.25, 0.3) is 5.91 Å². The van der Waals surface area contributed by atoms with Gasteiger partial charge in [-0.2, -0.15) is 18.3 Å². The van der Waals surface area contributed by atoms with E-state index in [1.165, 1.54) is 6.07 Å². The second kappa shape index (κ2) is 9.79. The standard InChI is InChI=1S/C22H27F3N6O2S/c1-12-5-6-14(8-13(12)2)16-9-18(22(23,24)25)31-19(27-16)10-17(30-31)20(32)28-29-21(34)26-11-15-4-3-7-33-15/h5-6,8,10,15-16,18,27H,3-4,7,9,11H2,1-2H3,(H,28,32)(H2,26,29,34)/t15-,16-,18+/m0/s1. The lowest BCUT2D eigenvalue weighted by atomic mass is 9.94. The van der Waals surface area contributed by atoms with Crippen molar-refractivity contribution in [3.05, 3.63) is 46.6 Å². The normalized spacial score (nSPS) is 22.0. The monoisotopic (exact) mass is 496 g/mol. The number of aromatic nitrogens is 2. The highest BCUT2D eigenvalue weighted by atomic mass is 32.1. The van der Waals surface area contributed by atoms with Gasteiger partial charge in [0.05, 0.1) is 12.1 Å². The Bertz CT molecular complexity index is 1070. The number of nitrogens with one attached hydrogen (secondary N) is 4. The third kappa shape index (κ3) is 5.44. The van der Waals surface area contributed by atoms with Gasteiger partial charge in [-0.3, -0.25) is 15.6 Å². The Morgan fingerprint density at radius 3 is 2.74 bits per heavy atom. The second-order valence-electron chi connectivity index (χ2n) is 8.62. The summed E-state index contributed by atoms with van der Waals surface area (Å²) in [6.07, 6.45) is -2.78. The van der Waals surface area contributed by atoms with Crippen LogP contribution in [0.15, 0.2) is 24.3 Å². The van der Waals surface area contributed by atoms with E-state index in [1.807, 2.05) is 32.0 Å². The molecule has 0 aliphatic carbocycles. The van der Waals surface area contributed by atoms with Gasteiger partial charge in [0.15, 0.2) is 16.8 Å². The van der Waals surface area contributed by atoms with E-state index in [0.717, 1.165) is 34.2 Å². The largest absolute Gasteiger partial charge is 0.410 e. The van der Waals surface area contributed by atoms with Gasteiger partial charge < -0.3 is 15.4 Å². The molecule has 0 saturated carbocycles. The van der Waals surface area contributed by atoms with Gasteiger partial charge in [-0.25, -0.2) is 4.68 Å². The number of halogens is 3. The zero-order valence-electron chi connectivity index (χ0n) is 18.8. The molecule has 0 bridgehead atoms. The number of carbonyl (C=O) groups excluding carboxylic acids is 1. The minimum atomic E-state index is -4.53. The van der Waals surface area contributed by atoms with Crippen molar-refractivity contribution in [1.29, 1.82) is 0 Å². The van der Waals surface area contributed by atoms with Gasteiger partial charge in [-0.05, 0) is 55.6 Å². The maximum Gasteiger partial charge on any atom is 0.410 e. The van der Waals surface area contributed by atoms with Crippen LogP contribution in [0.3, 0.4) is 0 Å². The van der Waals surface area contributed by atoms with Crippen LogP contribution in [-0.2, 0) is 4.74 Å². The van der Waals surface area contributed by atoms with Crippen molar-refractivity contribution in [3.8, 4) is 0 Å². The van der Waals surface area contributed by atoms with Gasteiger partial charge in [-0.15, -0.1) is 0 Å². The van der Waals surface area contributed by atoms with E-state index < -0.39 is 24.2 Å². The predicted octanol–water partition coefficient (Wildman–Crippen LogP) is 3.45. The molecule has 184 valence electrons. The van der Waals surface area contributed by atoms with Crippen LogP contribution in [0.5, 0.6) is 0 Å². The number of rotatable bonds is 4. The number of fused-ring (bicyclic) bond motifs is 1. The van der Waals surface area contributed by atoms with E-state index in [4.69, 9.17) is 17.0 Å². The fourth-order valence-electron chi connectivity index (χ4n) is 4.12. The molecule has 8 nitrogen and oxygen atoms in total. The van der Waals surface area contributed by atoms with Crippen molar-refractivity contribution in [2.45, 2.75) is 57.5 Å². The van der Waals surface area contributed by atoms with Crippen LogP contribution < -0.4 is 21.5 Å². The summed E-state index contributed by atoms with van der Waals surface area (Å²) >= 11 is 5.12. The van der Waals surface area contributed by atoms with Crippen molar-refractivity contribution in [2.24, 2.45) is 0 Å². The van der Waals surface area contributed by atoms with Gasteiger partial charge in [0, 0.05) is 25.6 Å². The zero-order chi connectivity index (χ0) is 24.5. The fraction of sp³-hybridized carbons (Fsp3) is 0.500. The van der Waals surface area contributed by atoms with E-state index in [2.05, 4.69) is 26.6 Å². The van der Waals surface area contributed by atoms with E-state index >= 15 is 0 Å². The van der Waals surface area contributed by atoms with Gasteiger partial charge >= 0.3 is 6.18 Å². The average Bonchev–Trinajstić information content (AvgIpc) is 3.46. The number of alkyl halides is 3. The predicted molar refractivity (Wildman–Crippen MR) is 124 cm³/mol. The lowest BCUT2D eigenvalue weighted by Crippen LogP contribution is -2.48. The van der Waals surface area contributed by atoms with Crippen LogP contribution in [0.1, 0.15) is 58.5 Å². The maximum absolute atomic E-state index is 13.9. The summed E-state index contributed by atoms with van der Waals surface area (Å²) < 4.78 is 48.0. The molecule has 4 rings (SSSR count). The molecule has 2 aliphatic heterocycles. The number of thiocarbonyl (C=S) groups is 1. The van der Waals surface area contributed by atoms with Crippen LogP contribution in [0, 0.1) is 13.8 Å². The summed E-state index contributed by atoms with van der Waals surface area (Å²) in [6, 6.07) is 4.47. The molecule has 12 heteroatoms. The number of ether oxygens (including phenoxy) is 1. The molecule has 1 aromatic heterocycles. The molecule has 34 heavy (non-hydrogen) atoms. The summed E-state index contributed by atoms with van der Waals surface area (Å²) in [4.78, 5) is 12.5. The number of hydrogen-bond donors (Lipinski definition) is 4. The Morgan fingerprint density at radius 2 is 2.06 bits per heavy atom. The van der Waals surface area contributed by atoms with E-state index in [9.17, 15) is 18.0 Å². The van der Waals surface area contributed by atoms with Crippen molar-refractivity contribution in [3.63, 3.8) is 0 Å². The SMILES string of the molecule is Cc1ccc([C@@H]2C[C@H](C(F)(F)F)n3nc(C(=O)NNC(=S)NC[C@@H]4CCCO4)cc3N2)cc1C. The summed E-state index contributed by atoms with van der Waals surface area (Å²) in [5, 5.41) is 10.2. The zero-order valence-corrected chi connectivity index (χ0v) is 19.6. The maximum atomic E-state index is 13.9. The van der Waals surface area contributed by atoms with Crippen LogP contribution in [0.25, 0.3) is 0 Å². The molecule has 4 N–H and O–H groups in total. The number of anilines is 1. The summed E-state index contributed by atoms with van der Waals surface area (Å²) in [5.74, 6) is -0.574. The van der Waals surface area contributed by atoms with Crippen molar-refractivity contribution < 1.29 is 22.7 Å². The first-order valence-electron chi connectivity index (χ1n) is 11.1. The molecule has 1 saturated heterocycles. The number of carbonyl (C=O) groups is 1. The summed E-state index contributed by atoms with van der Waals surface area (Å²) in [6.45, 7) is 5.08. The Morgan fingerprint density at radius 1 is 1.26 bits per heavy atom. The third-order valence-electron chi connectivity index (χ3n) is 6.16. The van der Waals surface area contributed by atoms with Crippen LogP contribution in [0.4, 0.5) is 19.0 Å². The van der Waals surface area contributed by atoms with Gasteiger partial charge in [0.1, 0.15) is 5.82 Å². The number of hydrogen-bond acceptors (Lipinski definition) is 5. The second-order valence-corrected chi connectivity index (χ2v) is 9.03. The molecule has 1 fully saturated rings. The minimum Gasteiger partial charge on any atom is -0.376 e. The van der Waals surface area contributed by atoms with E-state index in [1.54, 1.807) is 0 Å². The fourth-order valence-corrected chi connectivity index (χ4v) is 4.25. The Hall–Kier alpha value is -2.86. The molecule has 3 heterocycles. The summed E-state index contributed by atoms with van der Waals surface area (Å²) in [5.41, 5.74) is 7.57. The highest BCUT2D eigenvalue weighted by Crippen LogP contribution is 2.43. The van der Waals surface area contributed by atoms with Crippen molar-refractivity contribution in [1.82, 2.24) is 25.9 Å². The van der Waals surface area contributed by atoms with E-state index in [0.29, 0.717) is 13.2 Å². The molecular weight excluding hydrogens is 469 g/mol. The average molecular weight is 497 g/mol. The Kier molecular flexibility index (Phi) is 6.99. The molecule has 1 amide bonds. The number of benzene rings is 1. The highest BCUT2D eigenvalue weighted by molar-refractivity contribution is 7.80. The molecule has 1 aromatic carbocycles.